The molecule has 0 aromatic heterocycles. The fourth-order valence-electron chi connectivity index (χ4n) is 1.26. The number of hydrogen-bond donors (Lipinski definition) is 3. The van der Waals surface area contributed by atoms with Gasteiger partial charge in [0.25, 0.3) is 0 Å². The summed E-state index contributed by atoms with van der Waals surface area (Å²) in [5.41, 5.74) is 4.78. The topological polar surface area (TPSA) is 67.2 Å². The van der Waals surface area contributed by atoms with Gasteiger partial charge in [0.2, 0.25) is 0 Å². The van der Waals surface area contributed by atoms with Gasteiger partial charge >= 0.3 is 6.03 Å². The second-order valence-electron chi connectivity index (χ2n) is 3.01. The highest BCUT2D eigenvalue weighted by atomic mass is 79.9. The number of urea groups is 1. The van der Waals surface area contributed by atoms with Gasteiger partial charge in [0.15, 0.2) is 0 Å². The lowest BCUT2D eigenvalue weighted by Crippen LogP contribution is -2.34. The molecule has 5 heteroatoms. The van der Waals surface area contributed by atoms with Crippen molar-refractivity contribution in [1.82, 2.24) is 5.43 Å². The molecule has 2 amide bonds. The molecule has 14 heavy (non-hydrogen) atoms. The summed E-state index contributed by atoms with van der Waals surface area (Å²) in [5.74, 6) is 4.98. The molecule has 0 aliphatic rings. The molecule has 0 radical (unpaired) electrons. The van der Waals surface area contributed by atoms with Gasteiger partial charge in [-0.2, -0.15) is 0 Å². The van der Waals surface area contributed by atoms with Gasteiger partial charge in [0, 0.05) is 10.2 Å². The van der Waals surface area contributed by atoms with Crippen LogP contribution in [0.2, 0.25) is 0 Å². The zero-order valence-electron chi connectivity index (χ0n) is 8.02. The van der Waals surface area contributed by atoms with Crippen LogP contribution >= 0.6 is 15.9 Å². The lowest BCUT2D eigenvalue weighted by Gasteiger charge is -2.11. The number of halogens is 1. The highest BCUT2D eigenvalue weighted by molar-refractivity contribution is 9.10. The molecule has 0 unspecified atom stereocenters. The standard InChI is InChI=1S/C9H12BrN3O/c1-5-3-7(10)4-6(2)8(5)12-9(14)13-11/h3-4H,11H2,1-2H3,(H2,12,13,14). The summed E-state index contributed by atoms with van der Waals surface area (Å²) < 4.78 is 0.992. The summed E-state index contributed by atoms with van der Waals surface area (Å²) in [4.78, 5) is 11.0. The predicted octanol–water partition coefficient (Wildman–Crippen LogP) is 2.06. The van der Waals surface area contributed by atoms with E-state index in [0.29, 0.717) is 0 Å². The van der Waals surface area contributed by atoms with Crippen LogP contribution in [0.1, 0.15) is 11.1 Å². The van der Waals surface area contributed by atoms with E-state index in [-0.39, 0.29) is 0 Å². The number of amides is 2. The van der Waals surface area contributed by atoms with Crippen molar-refractivity contribution in [3.05, 3.63) is 27.7 Å². The maximum absolute atomic E-state index is 11.0. The first-order valence-electron chi connectivity index (χ1n) is 4.09. The minimum Gasteiger partial charge on any atom is -0.306 e. The van der Waals surface area contributed by atoms with E-state index < -0.39 is 6.03 Å². The second-order valence-corrected chi connectivity index (χ2v) is 3.93. The third-order valence-electron chi connectivity index (χ3n) is 1.87. The van der Waals surface area contributed by atoms with Crippen LogP contribution in [0, 0.1) is 13.8 Å². The molecule has 0 saturated carbocycles. The van der Waals surface area contributed by atoms with E-state index in [2.05, 4.69) is 21.2 Å². The minimum atomic E-state index is -0.418. The maximum atomic E-state index is 11.0. The lowest BCUT2D eigenvalue weighted by molar-refractivity contribution is 0.252. The number of aryl methyl sites for hydroxylation is 2. The molecule has 0 atom stereocenters. The van der Waals surface area contributed by atoms with Crippen molar-refractivity contribution in [2.45, 2.75) is 13.8 Å². The van der Waals surface area contributed by atoms with E-state index in [4.69, 9.17) is 5.84 Å². The fourth-order valence-corrected chi connectivity index (χ4v) is 1.94. The lowest BCUT2D eigenvalue weighted by atomic mass is 10.1. The van der Waals surface area contributed by atoms with Crippen LogP contribution in [0.15, 0.2) is 16.6 Å². The Labute approximate surface area is 91.0 Å². The predicted molar refractivity (Wildman–Crippen MR) is 60.0 cm³/mol. The first-order chi connectivity index (χ1) is 6.54. The van der Waals surface area contributed by atoms with E-state index in [9.17, 15) is 4.79 Å². The van der Waals surface area contributed by atoms with E-state index in [1.165, 1.54) is 0 Å². The third kappa shape index (κ3) is 2.46. The summed E-state index contributed by atoms with van der Waals surface area (Å²) in [7, 11) is 0. The van der Waals surface area contributed by atoms with E-state index in [0.717, 1.165) is 21.3 Å². The Morgan fingerprint density at radius 2 is 1.86 bits per heavy atom. The van der Waals surface area contributed by atoms with Crippen LogP contribution in [-0.4, -0.2) is 6.03 Å². The Kier molecular flexibility index (Phi) is 3.49. The molecule has 0 fully saturated rings. The molecule has 0 aliphatic carbocycles. The summed E-state index contributed by atoms with van der Waals surface area (Å²) >= 11 is 3.38. The first-order valence-corrected chi connectivity index (χ1v) is 4.88. The van der Waals surface area contributed by atoms with Crippen molar-refractivity contribution >= 4 is 27.6 Å². The number of nitrogens with one attached hydrogen (secondary N) is 2. The molecule has 0 bridgehead atoms. The molecule has 0 spiro atoms. The number of hydrazine groups is 1. The van der Waals surface area contributed by atoms with Crippen molar-refractivity contribution < 1.29 is 4.79 Å². The highest BCUT2D eigenvalue weighted by Gasteiger charge is 2.06. The number of rotatable bonds is 1. The molecule has 0 saturated heterocycles. The molecule has 76 valence electrons. The number of benzene rings is 1. The van der Waals surface area contributed by atoms with E-state index in [1.807, 2.05) is 31.4 Å². The Hall–Kier alpha value is -1.07. The molecule has 4 nitrogen and oxygen atoms in total. The van der Waals surface area contributed by atoms with Gasteiger partial charge in [-0.25, -0.2) is 10.6 Å². The second kappa shape index (κ2) is 4.43. The van der Waals surface area contributed by atoms with Crippen LogP contribution in [0.25, 0.3) is 0 Å². The van der Waals surface area contributed by atoms with Crippen LogP contribution in [0.3, 0.4) is 0 Å². The molecular formula is C9H12BrN3O. The zero-order chi connectivity index (χ0) is 10.7. The van der Waals surface area contributed by atoms with Crippen LogP contribution in [0.5, 0.6) is 0 Å². The molecule has 0 heterocycles. The molecule has 0 aliphatic heterocycles. The Morgan fingerprint density at radius 3 is 2.29 bits per heavy atom. The number of hydrogen-bond acceptors (Lipinski definition) is 2. The number of carbonyl (C=O) groups excluding carboxylic acids is 1. The molecule has 1 aromatic carbocycles. The smallest absolute Gasteiger partial charge is 0.306 e. The molecule has 4 N–H and O–H groups in total. The van der Waals surface area contributed by atoms with Crippen LogP contribution in [-0.2, 0) is 0 Å². The van der Waals surface area contributed by atoms with Gasteiger partial charge in [-0.1, -0.05) is 15.9 Å². The van der Waals surface area contributed by atoms with Crippen molar-refractivity contribution in [3.63, 3.8) is 0 Å². The quantitative estimate of drug-likeness (QED) is 0.410. The van der Waals surface area contributed by atoms with Crippen LogP contribution in [0.4, 0.5) is 10.5 Å². The summed E-state index contributed by atoms with van der Waals surface area (Å²) in [6.45, 7) is 3.84. The van der Waals surface area contributed by atoms with E-state index >= 15 is 0 Å². The van der Waals surface area contributed by atoms with Gasteiger partial charge < -0.3 is 5.32 Å². The third-order valence-corrected chi connectivity index (χ3v) is 2.32. The van der Waals surface area contributed by atoms with Crippen molar-refractivity contribution in [2.24, 2.45) is 5.84 Å². The Bertz CT molecular complexity index is 342. The maximum Gasteiger partial charge on any atom is 0.333 e. The van der Waals surface area contributed by atoms with Gasteiger partial charge in [0.05, 0.1) is 0 Å². The molecular weight excluding hydrogens is 246 g/mol. The molecule has 1 aromatic rings. The average molecular weight is 258 g/mol. The fraction of sp³-hybridized carbons (Fsp3) is 0.222. The zero-order valence-corrected chi connectivity index (χ0v) is 9.60. The average Bonchev–Trinajstić information content (AvgIpc) is 2.10. The van der Waals surface area contributed by atoms with Gasteiger partial charge in [-0.05, 0) is 37.1 Å². The van der Waals surface area contributed by atoms with Crippen LogP contribution < -0.4 is 16.6 Å². The Balaban J connectivity index is 3.02. The van der Waals surface area contributed by atoms with E-state index in [1.54, 1.807) is 0 Å². The number of carbonyl (C=O) groups is 1. The molecule has 1 rings (SSSR count). The van der Waals surface area contributed by atoms with Crippen molar-refractivity contribution in [1.29, 1.82) is 0 Å². The number of anilines is 1. The van der Waals surface area contributed by atoms with Crippen molar-refractivity contribution in [3.8, 4) is 0 Å². The summed E-state index contributed by atoms with van der Waals surface area (Å²) in [6, 6.07) is 3.44. The van der Waals surface area contributed by atoms with Gasteiger partial charge in [-0.15, -0.1) is 0 Å². The normalized spacial score (nSPS) is 9.71. The van der Waals surface area contributed by atoms with Crippen molar-refractivity contribution in [2.75, 3.05) is 5.32 Å². The number of nitrogens with two attached hydrogens (primary N) is 1. The first kappa shape index (κ1) is 11.0. The minimum absolute atomic E-state index is 0.418. The monoisotopic (exact) mass is 257 g/mol. The Morgan fingerprint density at radius 1 is 1.36 bits per heavy atom. The summed E-state index contributed by atoms with van der Waals surface area (Å²) in [5, 5.41) is 2.66. The summed E-state index contributed by atoms with van der Waals surface area (Å²) in [6.07, 6.45) is 0. The largest absolute Gasteiger partial charge is 0.333 e. The van der Waals surface area contributed by atoms with Gasteiger partial charge in [0.1, 0.15) is 0 Å². The van der Waals surface area contributed by atoms with Gasteiger partial charge in [-0.3, -0.25) is 5.43 Å². The SMILES string of the molecule is Cc1cc(Br)cc(C)c1NC(=O)NN. The highest BCUT2D eigenvalue weighted by Crippen LogP contribution is 2.24.